The summed E-state index contributed by atoms with van der Waals surface area (Å²) in [5.74, 6) is 1.03. The van der Waals surface area contributed by atoms with Gasteiger partial charge in [-0.25, -0.2) is 0 Å². The monoisotopic (exact) mass is 408 g/mol. The molecule has 0 radical (unpaired) electrons. The molecule has 0 spiro atoms. The lowest BCUT2D eigenvalue weighted by Gasteiger charge is -2.08. The number of thioether (sulfide) groups is 1. The van der Waals surface area contributed by atoms with E-state index in [-0.39, 0.29) is 5.91 Å². The van der Waals surface area contributed by atoms with Crippen LogP contribution in [0.1, 0.15) is 40.3 Å². The van der Waals surface area contributed by atoms with Gasteiger partial charge in [-0.3, -0.25) is 10.1 Å². The molecule has 142 valence electrons. The molecule has 5 nitrogen and oxygen atoms in total. The van der Waals surface area contributed by atoms with E-state index in [1.165, 1.54) is 11.3 Å². The van der Waals surface area contributed by atoms with Crippen LogP contribution in [0.2, 0.25) is 0 Å². The van der Waals surface area contributed by atoms with E-state index in [4.69, 9.17) is 5.26 Å². The zero-order valence-corrected chi connectivity index (χ0v) is 17.3. The van der Waals surface area contributed by atoms with Gasteiger partial charge >= 0.3 is 0 Å². The summed E-state index contributed by atoms with van der Waals surface area (Å²) in [6, 6.07) is 17.1. The highest BCUT2D eigenvalue weighted by Crippen LogP contribution is 2.27. The van der Waals surface area contributed by atoms with E-state index in [0.29, 0.717) is 27.9 Å². The Bertz CT molecular complexity index is 990. The van der Waals surface area contributed by atoms with Crippen LogP contribution in [0.5, 0.6) is 0 Å². The summed E-state index contributed by atoms with van der Waals surface area (Å²) in [6.45, 7) is 4.25. The molecule has 0 bridgehead atoms. The Morgan fingerprint density at radius 1 is 1.18 bits per heavy atom. The zero-order valence-electron chi connectivity index (χ0n) is 15.7. The van der Waals surface area contributed by atoms with E-state index in [9.17, 15) is 4.79 Å². The standard InChI is InChI=1S/C21H20N4OS2/c1-14(2)11-19-24-25-21(28-19)23-20(26)17-5-3-4-6-18(17)27-13-16-9-7-15(12-22)8-10-16/h3-10,14H,11,13H2,1-2H3,(H,23,25,26). The van der Waals surface area contributed by atoms with Gasteiger partial charge < -0.3 is 0 Å². The van der Waals surface area contributed by atoms with E-state index < -0.39 is 0 Å². The lowest BCUT2D eigenvalue weighted by molar-refractivity contribution is 0.102. The Hall–Kier alpha value is -2.69. The van der Waals surface area contributed by atoms with Crippen molar-refractivity contribution in [1.82, 2.24) is 10.2 Å². The molecule has 2 aromatic carbocycles. The first kappa shape index (κ1) is 20.1. The highest BCUT2D eigenvalue weighted by Gasteiger charge is 2.14. The summed E-state index contributed by atoms with van der Waals surface area (Å²) in [5, 5.41) is 21.4. The van der Waals surface area contributed by atoms with Gasteiger partial charge in [-0.15, -0.1) is 22.0 Å². The Kier molecular flexibility index (Phi) is 6.80. The molecule has 0 unspecified atom stereocenters. The first-order valence-electron chi connectivity index (χ1n) is 8.89. The summed E-state index contributed by atoms with van der Waals surface area (Å²) >= 11 is 3.01. The SMILES string of the molecule is CC(C)Cc1nnc(NC(=O)c2ccccc2SCc2ccc(C#N)cc2)s1. The number of amides is 1. The average molecular weight is 409 g/mol. The lowest BCUT2D eigenvalue weighted by atomic mass is 10.1. The third kappa shape index (κ3) is 5.41. The van der Waals surface area contributed by atoms with Crippen LogP contribution in [-0.2, 0) is 12.2 Å². The van der Waals surface area contributed by atoms with Gasteiger partial charge in [0.05, 0.1) is 17.2 Å². The molecule has 0 fully saturated rings. The number of nitrogens with zero attached hydrogens (tertiary/aromatic N) is 3. The van der Waals surface area contributed by atoms with Crippen LogP contribution in [0, 0.1) is 17.2 Å². The van der Waals surface area contributed by atoms with Crippen LogP contribution in [0.3, 0.4) is 0 Å². The average Bonchev–Trinajstić information content (AvgIpc) is 3.13. The number of nitriles is 1. The molecule has 1 N–H and O–H groups in total. The van der Waals surface area contributed by atoms with Crippen LogP contribution in [-0.4, -0.2) is 16.1 Å². The fraction of sp³-hybridized carbons (Fsp3) is 0.238. The van der Waals surface area contributed by atoms with E-state index in [1.807, 2.05) is 36.4 Å². The molecule has 3 aromatic rings. The van der Waals surface area contributed by atoms with Gasteiger partial charge in [0, 0.05) is 17.1 Å². The van der Waals surface area contributed by atoms with Gasteiger partial charge in [0.15, 0.2) is 0 Å². The van der Waals surface area contributed by atoms with Crippen LogP contribution in [0.15, 0.2) is 53.4 Å². The molecule has 0 saturated carbocycles. The first-order chi connectivity index (χ1) is 13.5. The molecule has 0 saturated heterocycles. The minimum absolute atomic E-state index is 0.185. The number of carbonyl (C=O) groups is 1. The van der Waals surface area contributed by atoms with Gasteiger partial charge in [0.1, 0.15) is 5.01 Å². The number of nitrogens with one attached hydrogen (secondary N) is 1. The van der Waals surface area contributed by atoms with E-state index in [1.54, 1.807) is 23.9 Å². The van der Waals surface area contributed by atoms with Crippen LogP contribution in [0.25, 0.3) is 0 Å². The van der Waals surface area contributed by atoms with Crippen molar-refractivity contribution in [3.05, 3.63) is 70.2 Å². The van der Waals surface area contributed by atoms with E-state index in [0.717, 1.165) is 21.9 Å². The van der Waals surface area contributed by atoms with Crippen molar-refractivity contribution in [3.8, 4) is 6.07 Å². The van der Waals surface area contributed by atoms with Crippen molar-refractivity contribution >= 4 is 34.1 Å². The second-order valence-corrected chi connectivity index (χ2v) is 8.73. The predicted molar refractivity (Wildman–Crippen MR) is 114 cm³/mol. The largest absolute Gasteiger partial charge is 0.296 e. The third-order valence-corrected chi connectivity index (χ3v) is 5.88. The quantitative estimate of drug-likeness (QED) is 0.547. The zero-order chi connectivity index (χ0) is 19.9. The number of rotatable bonds is 7. The molecule has 7 heteroatoms. The fourth-order valence-corrected chi connectivity index (χ4v) is 4.47. The van der Waals surface area contributed by atoms with Gasteiger partial charge in [-0.2, -0.15) is 5.26 Å². The lowest BCUT2D eigenvalue weighted by Crippen LogP contribution is -2.12. The number of anilines is 1. The van der Waals surface area contributed by atoms with Crippen LogP contribution in [0.4, 0.5) is 5.13 Å². The molecule has 0 aliphatic heterocycles. The Balaban J connectivity index is 1.67. The second kappa shape index (κ2) is 9.49. The third-order valence-electron chi connectivity index (χ3n) is 3.88. The van der Waals surface area contributed by atoms with Crippen molar-refractivity contribution < 1.29 is 4.79 Å². The summed E-state index contributed by atoms with van der Waals surface area (Å²) in [4.78, 5) is 13.6. The normalized spacial score (nSPS) is 10.6. The van der Waals surface area contributed by atoms with Crippen molar-refractivity contribution in [2.75, 3.05) is 5.32 Å². The summed E-state index contributed by atoms with van der Waals surface area (Å²) < 4.78 is 0. The maximum atomic E-state index is 12.7. The molecule has 3 rings (SSSR count). The van der Waals surface area contributed by atoms with E-state index in [2.05, 4.69) is 35.4 Å². The topological polar surface area (TPSA) is 78.7 Å². The minimum Gasteiger partial charge on any atom is -0.296 e. The molecule has 1 heterocycles. The molecule has 0 aliphatic rings. The Labute approximate surface area is 172 Å². The van der Waals surface area contributed by atoms with Gasteiger partial charge in [0.25, 0.3) is 5.91 Å². The molecule has 1 amide bonds. The highest BCUT2D eigenvalue weighted by atomic mass is 32.2. The number of carbonyl (C=O) groups excluding carboxylic acids is 1. The molecule has 0 aliphatic carbocycles. The number of hydrogen-bond acceptors (Lipinski definition) is 6. The smallest absolute Gasteiger partial charge is 0.258 e. The maximum absolute atomic E-state index is 12.7. The second-order valence-electron chi connectivity index (χ2n) is 6.65. The highest BCUT2D eigenvalue weighted by molar-refractivity contribution is 7.98. The van der Waals surface area contributed by atoms with E-state index >= 15 is 0 Å². The molecule has 28 heavy (non-hydrogen) atoms. The first-order valence-corrected chi connectivity index (χ1v) is 10.7. The predicted octanol–water partition coefficient (Wildman–Crippen LogP) is 5.15. The summed E-state index contributed by atoms with van der Waals surface area (Å²) in [6.07, 6.45) is 0.852. The Morgan fingerprint density at radius 3 is 2.64 bits per heavy atom. The minimum atomic E-state index is -0.185. The fourth-order valence-electron chi connectivity index (χ4n) is 2.52. The van der Waals surface area contributed by atoms with Crippen molar-refractivity contribution in [2.24, 2.45) is 5.92 Å². The van der Waals surface area contributed by atoms with Gasteiger partial charge in [0.2, 0.25) is 5.13 Å². The summed E-state index contributed by atoms with van der Waals surface area (Å²) in [5.41, 5.74) is 2.35. The number of benzene rings is 2. The number of hydrogen-bond donors (Lipinski definition) is 1. The maximum Gasteiger partial charge on any atom is 0.258 e. The van der Waals surface area contributed by atoms with Gasteiger partial charge in [-0.05, 0) is 35.7 Å². The van der Waals surface area contributed by atoms with Crippen LogP contribution >= 0.6 is 23.1 Å². The van der Waals surface area contributed by atoms with Crippen molar-refractivity contribution in [1.29, 1.82) is 5.26 Å². The molecular formula is C21H20N4OS2. The molecule has 1 aromatic heterocycles. The number of aromatic nitrogens is 2. The van der Waals surface area contributed by atoms with Gasteiger partial charge in [-0.1, -0.05) is 49.4 Å². The summed E-state index contributed by atoms with van der Waals surface area (Å²) in [7, 11) is 0. The molecule has 0 atom stereocenters. The van der Waals surface area contributed by atoms with Crippen molar-refractivity contribution in [2.45, 2.75) is 30.9 Å². The molecular weight excluding hydrogens is 388 g/mol. The van der Waals surface area contributed by atoms with Crippen molar-refractivity contribution in [3.63, 3.8) is 0 Å². The van der Waals surface area contributed by atoms with Crippen LogP contribution < -0.4 is 5.32 Å². The Morgan fingerprint density at radius 2 is 1.93 bits per heavy atom.